The second kappa shape index (κ2) is 6.18. The number of carbonyl (C=O) groups excluding carboxylic acids is 1. The van der Waals surface area contributed by atoms with Crippen LogP contribution < -0.4 is 9.47 Å². The minimum absolute atomic E-state index is 0.133. The number of aromatic hydroxyl groups is 1. The van der Waals surface area contributed by atoms with E-state index in [2.05, 4.69) is 0 Å². The predicted octanol–water partition coefficient (Wildman–Crippen LogP) is 3.85. The van der Waals surface area contributed by atoms with Crippen molar-refractivity contribution < 1.29 is 23.8 Å². The molecule has 0 aliphatic carbocycles. The summed E-state index contributed by atoms with van der Waals surface area (Å²) in [6.45, 7) is 0. The van der Waals surface area contributed by atoms with Crippen molar-refractivity contribution in [2.75, 3.05) is 14.2 Å². The Labute approximate surface area is 136 Å². The number of rotatable bonds is 5. The number of thiophene rings is 1. The molecule has 0 aliphatic heterocycles. The Balaban J connectivity index is 2.41. The number of benzene rings is 1. The normalized spacial score (nSPS) is 11.7. The highest BCUT2D eigenvalue weighted by atomic mass is 32.1. The van der Waals surface area contributed by atoms with Crippen LogP contribution in [0.2, 0.25) is 0 Å². The van der Waals surface area contributed by atoms with Crippen LogP contribution >= 0.6 is 11.3 Å². The number of hydrogen-bond acceptors (Lipinski definition) is 6. The van der Waals surface area contributed by atoms with E-state index in [0.29, 0.717) is 34.1 Å². The summed E-state index contributed by atoms with van der Waals surface area (Å²) in [6.07, 6.45) is 3.57. The first-order valence-electron chi connectivity index (χ1n) is 6.75. The van der Waals surface area contributed by atoms with Crippen molar-refractivity contribution in [2.24, 2.45) is 0 Å². The molecule has 0 radical (unpaired) electrons. The Bertz CT molecular complexity index is 874. The van der Waals surface area contributed by atoms with Crippen LogP contribution in [0.4, 0.5) is 0 Å². The van der Waals surface area contributed by atoms with Crippen LogP contribution in [0.3, 0.4) is 0 Å². The second-order valence-electron chi connectivity index (χ2n) is 4.68. The number of carbonyl (C=O) groups is 1. The molecule has 1 N–H and O–H groups in total. The molecule has 0 spiro atoms. The van der Waals surface area contributed by atoms with Gasteiger partial charge in [0.15, 0.2) is 11.3 Å². The van der Waals surface area contributed by atoms with Crippen LogP contribution in [0, 0.1) is 0 Å². The van der Waals surface area contributed by atoms with Gasteiger partial charge >= 0.3 is 0 Å². The van der Waals surface area contributed by atoms with Crippen molar-refractivity contribution in [3.05, 3.63) is 46.4 Å². The number of ether oxygens (including phenoxy) is 2. The van der Waals surface area contributed by atoms with Crippen LogP contribution in [-0.2, 0) is 4.79 Å². The van der Waals surface area contributed by atoms with Crippen molar-refractivity contribution in [1.82, 2.24) is 0 Å². The highest BCUT2D eigenvalue weighted by molar-refractivity contribution is 7.08. The third kappa shape index (κ3) is 2.37. The van der Waals surface area contributed by atoms with E-state index in [9.17, 15) is 9.90 Å². The standard InChI is InChI=1S/C17H14O5S/c1-20-15-12-4-7-22-16(12)17(21-2)14(19)13(15)11(3-6-18)10-5-8-23-9-10/h3-9,19H,1-2H3. The molecule has 3 rings (SSSR count). The summed E-state index contributed by atoms with van der Waals surface area (Å²) in [7, 11) is 2.95. The van der Waals surface area contributed by atoms with Gasteiger partial charge in [0.2, 0.25) is 5.75 Å². The first kappa shape index (κ1) is 15.2. The van der Waals surface area contributed by atoms with Gasteiger partial charge < -0.3 is 19.0 Å². The Morgan fingerprint density at radius 3 is 2.65 bits per heavy atom. The second-order valence-corrected chi connectivity index (χ2v) is 5.46. The SMILES string of the molecule is COc1c(C(=CC=O)c2ccsc2)c(O)c(OC)c2occc12. The molecule has 0 bridgehead atoms. The fourth-order valence-corrected chi connectivity index (χ4v) is 3.24. The van der Waals surface area contributed by atoms with Gasteiger partial charge in [-0.15, -0.1) is 0 Å². The van der Waals surface area contributed by atoms with Crippen LogP contribution in [0.15, 0.2) is 39.6 Å². The fourth-order valence-electron chi connectivity index (χ4n) is 2.59. The molecule has 5 nitrogen and oxygen atoms in total. The summed E-state index contributed by atoms with van der Waals surface area (Å²) in [4.78, 5) is 11.1. The zero-order valence-corrected chi connectivity index (χ0v) is 13.3. The summed E-state index contributed by atoms with van der Waals surface area (Å²) < 4.78 is 16.2. The molecule has 0 amide bonds. The van der Waals surface area contributed by atoms with Crippen LogP contribution in [0.1, 0.15) is 11.1 Å². The smallest absolute Gasteiger partial charge is 0.205 e. The highest BCUT2D eigenvalue weighted by Crippen LogP contribution is 2.49. The van der Waals surface area contributed by atoms with Crippen molar-refractivity contribution >= 4 is 34.2 Å². The van der Waals surface area contributed by atoms with E-state index in [1.54, 1.807) is 6.07 Å². The van der Waals surface area contributed by atoms with E-state index in [-0.39, 0.29) is 11.5 Å². The third-order valence-corrected chi connectivity index (χ3v) is 4.22. The number of aldehydes is 1. The number of phenolic OH excluding ortho intramolecular Hbond substituents is 1. The zero-order valence-electron chi connectivity index (χ0n) is 12.5. The lowest BCUT2D eigenvalue weighted by atomic mass is 9.96. The maximum absolute atomic E-state index is 11.1. The van der Waals surface area contributed by atoms with Crippen molar-refractivity contribution in [1.29, 1.82) is 0 Å². The molecule has 2 aromatic heterocycles. The molecule has 0 unspecified atom stereocenters. The van der Waals surface area contributed by atoms with Crippen molar-refractivity contribution in [3.63, 3.8) is 0 Å². The lowest BCUT2D eigenvalue weighted by molar-refractivity contribution is -0.104. The van der Waals surface area contributed by atoms with E-state index < -0.39 is 0 Å². The maximum Gasteiger partial charge on any atom is 0.205 e. The van der Waals surface area contributed by atoms with E-state index in [1.165, 1.54) is 37.9 Å². The zero-order chi connectivity index (χ0) is 16.4. The molecule has 0 atom stereocenters. The maximum atomic E-state index is 11.1. The lowest BCUT2D eigenvalue weighted by Crippen LogP contribution is -1.97. The molecule has 23 heavy (non-hydrogen) atoms. The summed E-state index contributed by atoms with van der Waals surface area (Å²) in [5.74, 6) is 0.491. The Hall–Kier alpha value is -2.73. The Kier molecular flexibility index (Phi) is 4.08. The molecule has 0 fully saturated rings. The number of phenols is 1. The van der Waals surface area contributed by atoms with Gasteiger partial charge in [-0.1, -0.05) is 0 Å². The number of allylic oxidation sites excluding steroid dienone is 1. The van der Waals surface area contributed by atoms with E-state index in [4.69, 9.17) is 13.9 Å². The average Bonchev–Trinajstić information content (AvgIpc) is 3.23. The van der Waals surface area contributed by atoms with E-state index >= 15 is 0 Å². The summed E-state index contributed by atoms with van der Waals surface area (Å²) >= 11 is 1.49. The molecular weight excluding hydrogens is 316 g/mol. The van der Waals surface area contributed by atoms with Crippen LogP contribution in [0.5, 0.6) is 17.2 Å². The van der Waals surface area contributed by atoms with Crippen molar-refractivity contribution in [2.45, 2.75) is 0 Å². The Morgan fingerprint density at radius 1 is 1.26 bits per heavy atom. The van der Waals surface area contributed by atoms with Gasteiger partial charge in [-0.05, 0) is 34.5 Å². The van der Waals surface area contributed by atoms with Gasteiger partial charge in [0.05, 0.1) is 31.4 Å². The molecule has 0 saturated heterocycles. The molecular formula is C17H14O5S. The van der Waals surface area contributed by atoms with Gasteiger partial charge in [-0.25, -0.2) is 0 Å². The number of hydrogen-bond donors (Lipinski definition) is 1. The number of methoxy groups -OCH3 is 2. The van der Waals surface area contributed by atoms with E-state index in [1.807, 2.05) is 16.8 Å². The minimum atomic E-state index is -0.133. The van der Waals surface area contributed by atoms with E-state index in [0.717, 1.165) is 5.56 Å². The fraction of sp³-hybridized carbons (Fsp3) is 0.118. The molecule has 3 aromatic rings. The van der Waals surface area contributed by atoms with Gasteiger partial charge in [-0.2, -0.15) is 11.3 Å². The van der Waals surface area contributed by atoms with Gasteiger partial charge in [0, 0.05) is 5.57 Å². The average molecular weight is 330 g/mol. The number of furan rings is 1. The largest absolute Gasteiger partial charge is 0.504 e. The van der Waals surface area contributed by atoms with Crippen LogP contribution in [-0.4, -0.2) is 25.6 Å². The summed E-state index contributed by atoms with van der Waals surface area (Å²) in [5.41, 5.74) is 2.14. The summed E-state index contributed by atoms with van der Waals surface area (Å²) in [5, 5.41) is 15.1. The first-order valence-corrected chi connectivity index (χ1v) is 7.69. The number of fused-ring (bicyclic) bond motifs is 1. The minimum Gasteiger partial charge on any atom is -0.504 e. The van der Waals surface area contributed by atoms with Gasteiger partial charge in [0.25, 0.3) is 0 Å². The van der Waals surface area contributed by atoms with Crippen molar-refractivity contribution in [3.8, 4) is 17.2 Å². The highest BCUT2D eigenvalue weighted by Gasteiger charge is 2.26. The van der Waals surface area contributed by atoms with Gasteiger partial charge in [-0.3, -0.25) is 4.79 Å². The molecule has 1 aromatic carbocycles. The molecule has 0 aliphatic rings. The van der Waals surface area contributed by atoms with Crippen LogP contribution in [0.25, 0.3) is 16.5 Å². The third-order valence-electron chi connectivity index (χ3n) is 3.54. The van der Waals surface area contributed by atoms with Gasteiger partial charge in [0.1, 0.15) is 12.0 Å². The molecule has 118 valence electrons. The quantitative estimate of drug-likeness (QED) is 0.568. The molecule has 6 heteroatoms. The predicted molar refractivity (Wildman–Crippen MR) is 88.4 cm³/mol. The summed E-state index contributed by atoms with van der Waals surface area (Å²) in [6, 6.07) is 3.59. The molecule has 0 saturated carbocycles. The first-order chi connectivity index (χ1) is 11.2. The topological polar surface area (TPSA) is 68.9 Å². The lowest BCUT2D eigenvalue weighted by Gasteiger charge is -2.16. The Morgan fingerprint density at radius 2 is 2.04 bits per heavy atom. The monoisotopic (exact) mass is 330 g/mol. The molecule has 2 heterocycles.